The maximum Gasteiger partial charge on any atom is 0.412 e. The minimum atomic E-state index is -2.82. The van der Waals surface area contributed by atoms with Crippen molar-refractivity contribution in [3.05, 3.63) is 65.7 Å². The fourth-order valence-corrected chi connectivity index (χ4v) is 3.48. The second-order valence-corrected chi connectivity index (χ2v) is 9.26. The molecule has 1 fully saturated rings. The molecule has 3 rings (SSSR count). The number of hydrogen-bond donors (Lipinski definition) is 2. The number of nitrogens with zero attached hydrogens (tertiary/aromatic N) is 1. The first kappa shape index (κ1) is 26.3. The highest BCUT2D eigenvalue weighted by atomic mass is 19.2. The smallest absolute Gasteiger partial charge is 0.412 e. The summed E-state index contributed by atoms with van der Waals surface area (Å²) < 4.78 is 54.1. The topological polar surface area (TPSA) is 88.1 Å². The van der Waals surface area contributed by atoms with Gasteiger partial charge in [-0.1, -0.05) is 30.3 Å². The molecular formula is C25H29F3N2O5. The van der Waals surface area contributed by atoms with E-state index in [2.05, 4.69) is 5.32 Å². The van der Waals surface area contributed by atoms with Gasteiger partial charge in [-0.05, 0) is 50.6 Å². The summed E-state index contributed by atoms with van der Waals surface area (Å²) in [4.78, 5) is 25.5. The van der Waals surface area contributed by atoms with Crippen LogP contribution in [0, 0.1) is 0 Å². The van der Waals surface area contributed by atoms with Crippen LogP contribution < -0.4 is 10.1 Å². The van der Waals surface area contributed by atoms with Crippen LogP contribution in [0.4, 0.5) is 18.0 Å². The standard InChI is InChI=1S/C25H29F3N2O5/c1-25(2,3)35-24(33)30-13-18(21(31)19(26)20(27)22(30)28)29-23(32)16-9-11-17(12-10-16)34-14-15-7-5-4-6-8-15/h4-12,18-22,31H,13-14H2,1-3H3,(H,29,32)/t18-,19+,20?,21+,22?/m1/s1. The summed E-state index contributed by atoms with van der Waals surface area (Å²) in [6.07, 6.45) is -11.5. The first-order chi connectivity index (χ1) is 16.5. The van der Waals surface area contributed by atoms with Gasteiger partial charge in [-0.15, -0.1) is 0 Å². The lowest BCUT2D eigenvalue weighted by Crippen LogP contribution is -2.52. The number of alkyl halides is 3. The number of ether oxygens (including phenoxy) is 2. The minimum absolute atomic E-state index is 0.140. The molecule has 1 aliphatic heterocycles. The zero-order valence-electron chi connectivity index (χ0n) is 19.7. The van der Waals surface area contributed by atoms with Crippen LogP contribution in [0.15, 0.2) is 54.6 Å². The van der Waals surface area contributed by atoms with E-state index in [1.165, 1.54) is 32.9 Å². The van der Waals surface area contributed by atoms with Crippen LogP contribution in [0.3, 0.4) is 0 Å². The Labute approximate surface area is 201 Å². The van der Waals surface area contributed by atoms with E-state index in [9.17, 15) is 27.9 Å². The van der Waals surface area contributed by atoms with E-state index in [4.69, 9.17) is 9.47 Å². The molecule has 7 nitrogen and oxygen atoms in total. The molecule has 2 unspecified atom stereocenters. The number of rotatable bonds is 5. The Hall–Kier alpha value is -3.27. The zero-order valence-corrected chi connectivity index (χ0v) is 19.7. The molecule has 2 N–H and O–H groups in total. The van der Waals surface area contributed by atoms with Gasteiger partial charge in [0.1, 0.15) is 24.1 Å². The van der Waals surface area contributed by atoms with Gasteiger partial charge >= 0.3 is 6.09 Å². The van der Waals surface area contributed by atoms with Crippen molar-refractivity contribution in [2.45, 2.75) is 63.8 Å². The van der Waals surface area contributed by atoms with Crippen LogP contribution in [0.25, 0.3) is 0 Å². The van der Waals surface area contributed by atoms with E-state index < -0.39 is 54.9 Å². The molecule has 10 heteroatoms. The van der Waals surface area contributed by atoms with Crippen molar-refractivity contribution in [2.24, 2.45) is 0 Å². The van der Waals surface area contributed by atoms with Crippen LogP contribution >= 0.6 is 0 Å². The van der Waals surface area contributed by atoms with Crippen LogP contribution in [0.5, 0.6) is 5.75 Å². The number of amides is 2. The summed E-state index contributed by atoms with van der Waals surface area (Å²) in [7, 11) is 0. The van der Waals surface area contributed by atoms with E-state index in [0.717, 1.165) is 5.56 Å². The number of carbonyl (C=O) groups is 2. The number of halogens is 3. The van der Waals surface area contributed by atoms with Gasteiger partial charge in [0.25, 0.3) is 5.91 Å². The Kier molecular flexibility index (Phi) is 8.26. The summed E-state index contributed by atoms with van der Waals surface area (Å²) in [5.74, 6) is -0.229. The molecule has 190 valence electrons. The average Bonchev–Trinajstić information content (AvgIpc) is 2.89. The summed E-state index contributed by atoms with van der Waals surface area (Å²) in [6, 6.07) is 14.0. The molecule has 0 aromatic heterocycles. The van der Waals surface area contributed by atoms with Crippen molar-refractivity contribution < 1.29 is 37.3 Å². The molecule has 1 saturated heterocycles. The van der Waals surface area contributed by atoms with E-state index in [-0.39, 0.29) is 5.56 Å². The van der Waals surface area contributed by atoms with Crippen molar-refractivity contribution in [1.29, 1.82) is 0 Å². The Balaban J connectivity index is 1.69. The fraction of sp³-hybridized carbons (Fsp3) is 0.440. The van der Waals surface area contributed by atoms with Gasteiger partial charge in [0, 0.05) is 12.1 Å². The van der Waals surface area contributed by atoms with Crippen molar-refractivity contribution in [2.75, 3.05) is 6.54 Å². The molecule has 5 atom stereocenters. The normalized spacial score (nSPS) is 24.9. The highest BCUT2D eigenvalue weighted by Crippen LogP contribution is 2.27. The van der Waals surface area contributed by atoms with E-state index >= 15 is 0 Å². The predicted octanol–water partition coefficient (Wildman–Crippen LogP) is 3.95. The molecule has 35 heavy (non-hydrogen) atoms. The van der Waals surface area contributed by atoms with Crippen LogP contribution in [-0.2, 0) is 11.3 Å². The van der Waals surface area contributed by atoms with Crippen molar-refractivity contribution in [3.8, 4) is 5.75 Å². The Morgan fingerprint density at radius 2 is 1.66 bits per heavy atom. The maximum absolute atomic E-state index is 14.6. The van der Waals surface area contributed by atoms with E-state index in [0.29, 0.717) is 17.3 Å². The number of hydrogen-bond acceptors (Lipinski definition) is 5. The van der Waals surface area contributed by atoms with Crippen LogP contribution in [-0.4, -0.2) is 64.9 Å². The maximum atomic E-state index is 14.6. The molecule has 0 bridgehead atoms. The van der Waals surface area contributed by atoms with Gasteiger partial charge < -0.3 is 19.9 Å². The number of likely N-dealkylation sites (tertiary alicyclic amines) is 1. The third kappa shape index (κ3) is 6.88. The van der Waals surface area contributed by atoms with Crippen molar-refractivity contribution in [3.63, 3.8) is 0 Å². The third-order valence-corrected chi connectivity index (χ3v) is 5.31. The third-order valence-electron chi connectivity index (χ3n) is 5.31. The lowest BCUT2D eigenvalue weighted by Gasteiger charge is -2.30. The number of aliphatic hydroxyl groups excluding tert-OH is 1. The summed E-state index contributed by atoms with van der Waals surface area (Å²) in [5.41, 5.74) is 0.0804. The van der Waals surface area contributed by atoms with E-state index in [1.807, 2.05) is 30.3 Å². The molecule has 2 amide bonds. The Morgan fingerprint density at radius 1 is 1.03 bits per heavy atom. The van der Waals surface area contributed by atoms with Crippen molar-refractivity contribution in [1.82, 2.24) is 10.2 Å². The average molecular weight is 495 g/mol. The van der Waals surface area contributed by atoms with Crippen molar-refractivity contribution >= 4 is 12.0 Å². The highest BCUT2D eigenvalue weighted by molar-refractivity contribution is 5.94. The largest absolute Gasteiger partial charge is 0.489 e. The predicted molar refractivity (Wildman–Crippen MR) is 122 cm³/mol. The van der Waals surface area contributed by atoms with Crippen LogP contribution in [0.2, 0.25) is 0 Å². The zero-order chi connectivity index (χ0) is 25.8. The number of carbonyl (C=O) groups excluding carboxylic acids is 2. The SMILES string of the molecule is CC(C)(C)OC(=O)N1C[C@@H](NC(=O)c2ccc(OCc3ccccc3)cc2)[C@H](O)[C@@H](F)C(F)C1F. The fourth-order valence-electron chi connectivity index (χ4n) is 3.48. The first-order valence-electron chi connectivity index (χ1n) is 11.1. The van der Waals surface area contributed by atoms with Gasteiger partial charge in [0.05, 0.1) is 6.04 Å². The quantitative estimate of drug-likeness (QED) is 0.615. The van der Waals surface area contributed by atoms with Gasteiger partial charge in [-0.2, -0.15) is 0 Å². The molecule has 1 aliphatic rings. The van der Waals surface area contributed by atoms with E-state index in [1.54, 1.807) is 12.1 Å². The summed E-state index contributed by atoms with van der Waals surface area (Å²) in [5, 5.41) is 12.6. The summed E-state index contributed by atoms with van der Waals surface area (Å²) >= 11 is 0. The highest BCUT2D eigenvalue weighted by Gasteiger charge is 2.48. The van der Waals surface area contributed by atoms with Gasteiger partial charge in [-0.25, -0.2) is 18.0 Å². The lowest BCUT2D eigenvalue weighted by molar-refractivity contribution is -0.0405. The molecule has 0 radical (unpaired) electrons. The molecule has 2 aromatic rings. The second-order valence-electron chi connectivity index (χ2n) is 9.26. The molecule has 0 spiro atoms. The lowest BCUT2D eigenvalue weighted by atomic mass is 10.0. The molecule has 0 aliphatic carbocycles. The minimum Gasteiger partial charge on any atom is -0.489 e. The molecule has 2 aromatic carbocycles. The van der Waals surface area contributed by atoms with Gasteiger partial charge in [0.2, 0.25) is 6.30 Å². The molecule has 1 heterocycles. The monoisotopic (exact) mass is 494 g/mol. The van der Waals surface area contributed by atoms with Gasteiger partial charge in [0.15, 0.2) is 12.3 Å². The number of aliphatic hydroxyl groups is 1. The number of benzene rings is 2. The summed E-state index contributed by atoms with van der Waals surface area (Å²) in [6.45, 7) is 4.22. The Bertz CT molecular complexity index is 1000. The number of nitrogens with one attached hydrogen (secondary N) is 1. The van der Waals surface area contributed by atoms with Crippen LogP contribution in [0.1, 0.15) is 36.7 Å². The second kappa shape index (κ2) is 11.0. The van der Waals surface area contributed by atoms with Gasteiger partial charge in [-0.3, -0.25) is 9.69 Å². The molecule has 0 saturated carbocycles. The first-order valence-corrected chi connectivity index (χ1v) is 11.1. The molecular weight excluding hydrogens is 465 g/mol. The Morgan fingerprint density at radius 3 is 2.26 bits per heavy atom.